The van der Waals surface area contributed by atoms with Gasteiger partial charge in [0.2, 0.25) is 5.91 Å². The maximum absolute atomic E-state index is 11.9. The number of nitrogens with zero attached hydrogens (tertiary/aromatic N) is 2. The molecule has 0 aliphatic heterocycles. The number of nitrogens with one attached hydrogen (secondary N) is 1. The summed E-state index contributed by atoms with van der Waals surface area (Å²) in [4.78, 5) is 11.9. The molecule has 1 amide bonds. The van der Waals surface area contributed by atoms with Gasteiger partial charge in [-0.2, -0.15) is 5.10 Å². The Labute approximate surface area is 112 Å². The number of anilines is 1. The predicted molar refractivity (Wildman–Crippen MR) is 73.7 cm³/mol. The first-order valence-electron chi connectivity index (χ1n) is 6.66. The van der Waals surface area contributed by atoms with Crippen molar-refractivity contribution in [3.8, 4) is 0 Å². The van der Waals surface area contributed by atoms with E-state index in [1.54, 1.807) is 6.20 Å². The lowest BCUT2D eigenvalue weighted by Crippen LogP contribution is -2.13. The lowest BCUT2D eigenvalue weighted by molar-refractivity contribution is -0.115. The van der Waals surface area contributed by atoms with Gasteiger partial charge < -0.3 is 5.32 Å². The van der Waals surface area contributed by atoms with Gasteiger partial charge in [-0.25, -0.2) is 0 Å². The normalized spacial score (nSPS) is 14.3. The number of benzene rings is 1. The van der Waals surface area contributed by atoms with Crippen LogP contribution >= 0.6 is 0 Å². The quantitative estimate of drug-likeness (QED) is 0.892. The second-order valence-electron chi connectivity index (χ2n) is 5.10. The summed E-state index contributed by atoms with van der Waals surface area (Å²) in [6.07, 6.45) is 6.62. The molecule has 3 rings (SSSR count). The molecule has 0 bridgehead atoms. The highest BCUT2D eigenvalue weighted by atomic mass is 16.1. The largest absolute Gasteiger partial charge is 0.323 e. The highest BCUT2D eigenvalue weighted by molar-refractivity contribution is 5.91. The molecule has 0 radical (unpaired) electrons. The molecule has 1 aliphatic carbocycles. The fraction of sp³-hybridized carbons (Fsp3) is 0.333. The molecule has 1 aromatic heterocycles. The summed E-state index contributed by atoms with van der Waals surface area (Å²) in [7, 11) is 0. The van der Waals surface area contributed by atoms with Crippen LogP contribution in [0.3, 0.4) is 0 Å². The second-order valence-corrected chi connectivity index (χ2v) is 5.10. The molecule has 4 heteroatoms. The van der Waals surface area contributed by atoms with Gasteiger partial charge in [0.15, 0.2) is 0 Å². The average Bonchev–Trinajstić information content (AvgIpc) is 3.10. The molecule has 98 valence electrons. The van der Waals surface area contributed by atoms with Gasteiger partial charge in [-0.05, 0) is 24.3 Å². The minimum atomic E-state index is -0.00262. The van der Waals surface area contributed by atoms with E-state index in [1.165, 1.54) is 12.8 Å². The minimum Gasteiger partial charge on any atom is -0.323 e. The molecule has 1 saturated carbocycles. The third-order valence-electron chi connectivity index (χ3n) is 3.27. The Hall–Kier alpha value is -2.10. The van der Waals surface area contributed by atoms with Gasteiger partial charge in [0.25, 0.3) is 0 Å². The van der Waals surface area contributed by atoms with Gasteiger partial charge in [-0.15, -0.1) is 0 Å². The van der Waals surface area contributed by atoms with Crippen LogP contribution < -0.4 is 5.32 Å². The first-order valence-corrected chi connectivity index (χ1v) is 6.66. The number of carbonyl (C=O) groups excluding carboxylic acids is 1. The van der Waals surface area contributed by atoms with Crippen molar-refractivity contribution in [1.29, 1.82) is 0 Å². The molecule has 0 unspecified atom stereocenters. The zero-order valence-corrected chi connectivity index (χ0v) is 10.7. The fourth-order valence-corrected chi connectivity index (χ4v) is 2.08. The Morgan fingerprint density at radius 3 is 2.84 bits per heavy atom. The van der Waals surface area contributed by atoms with Crippen molar-refractivity contribution in [2.24, 2.45) is 5.92 Å². The lowest BCUT2D eigenvalue weighted by atomic mass is 10.1. The van der Waals surface area contributed by atoms with Crippen molar-refractivity contribution >= 4 is 11.6 Å². The molecular weight excluding hydrogens is 238 g/mol. The smallest absolute Gasteiger partial charge is 0.228 e. The zero-order valence-electron chi connectivity index (χ0n) is 10.7. The molecule has 19 heavy (non-hydrogen) atoms. The maximum atomic E-state index is 11.9. The average molecular weight is 255 g/mol. The van der Waals surface area contributed by atoms with Crippen LogP contribution in [0.4, 0.5) is 5.69 Å². The number of amides is 1. The van der Waals surface area contributed by atoms with Crippen LogP contribution in [0.1, 0.15) is 18.4 Å². The number of aromatic nitrogens is 2. The van der Waals surface area contributed by atoms with E-state index in [0.717, 1.165) is 23.7 Å². The van der Waals surface area contributed by atoms with E-state index in [9.17, 15) is 4.79 Å². The van der Waals surface area contributed by atoms with Gasteiger partial charge >= 0.3 is 0 Å². The number of hydrogen-bond donors (Lipinski definition) is 1. The standard InChI is InChI=1S/C15H17N3O/c19-15(8-12-4-2-1-3-5-12)17-14-9-16-18(11-14)10-13-6-7-13/h1-5,9,11,13H,6-8,10H2,(H,17,19). The summed E-state index contributed by atoms with van der Waals surface area (Å²) in [6, 6.07) is 9.74. The molecule has 1 aromatic carbocycles. The second kappa shape index (κ2) is 5.26. The molecular formula is C15H17N3O. The summed E-state index contributed by atoms with van der Waals surface area (Å²) in [5.74, 6) is 0.782. The van der Waals surface area contributed by atoms with Crippen LogP contribution in [-0.4, -0.2) is 15.7 Å². The Morgan fingerprint density at radius 1 is 1.32 bits per heavy atom. The molecule has 0 atom stereocenters. The molecule has 0 spiro atoms. The van der Waals surface area contributed by atoms with Crippen LogP contribution in [0.5, 0.6) is 0 Å². The SMILES string of the molecule is O=C(Cc1ccccc1)Nc1cnn(CC2CC2)c1. The highest BCUT2D eigenvalue weighted by Gasteiger charge is 2.22. The van der Waals surface area contributed by atoms with Crippen molar-refractivity contribution < 1.29 is 4.79 Å². The van der Waals surface area contributed by atoms with Gasteiger partial charge in [-0.3, -0.25) is 9.48 Å². The zero-order chi connectivity index (χ0) is 13.1. The Bertz CT molecular complexity index is 558. The van der Waals surface area contributed by atoms with E-state index in [4.69, 9.17) is 0 Å². The minimum absolute atomic E-state index is 0.00262. The summed E-state index contributed by atoms with van der Waals surface area (Å²) in [6.45, 7) is 0.967. The van der Waals surface area contributed by atoms with Crippen LogP contribution in [0.2, 0.25) is 0 Å². The predicted octanol–water partition coefficient (Wildman–Crippen LogP) is 2.47. The van der Waals surface area contributed by atoms with E-state index in [2.05, 4.69) is 10.4 Å². The first kappa shape index (κ1) is 12.0. The van der Waals surface area contributed by atoms with Crippen LogP contribution in [0, 0.1) is 5.92 Å². The summed E-state index contributed by atoms with van der Waals surface area (Å²) in [5, 5.41) is 7.14. The van der Waals surface area contributed by atoms with Crippen LogP contribution in [0.25, 0.3) is 0 Å². The van der Waals surface area contributed by atoms with Gasteiger partial charge in [0.05, 0.1) is 18.3 Å². The summed E-state index contributed by atoms with van der Waals surface area (Å²) in [5.41, 5.74) is 1.80. The van der Waals surface area contributed by atoms with Gasteiger partial charge in [-0.1, -0.05) is 30.3 Å². The lowest BCUT2D eigenvalue weighted by Gasteiger charge is -2.02. The van der Waals surface area contributed by atoms with Crippen molar-refractivity contribution in [3.05, 3.63) is 48.3 Å². The van der Waals surface area contributed by atoms with E-state index in [1.807, 2.05) is 41.2 Å². The van der Waals surface area contributed by atoms with Crippen molar-refractivity contribution in [2.75, 3.05) is 5.32 Å². The van der Waals surface area contributed by atoms with E-state index < -0.39 is 0 Å². The van der Waals surface area contributed by atoms with E-state index in [0.29, 0.717) is 6.42 Å². The molecule has 2 aromatic rings. The van der Waals surface area contributed by atoms with Gasteiger partial charge in [0, 0.05) is 12.7 Å². The molecule has 0 saturated heterocycles. The number of carbonyl (C=O) groups is 1. The fourth-order valence-electron chi connectivity index (χ4n) is 2.08. The van der Waals surface area contributed by atoms with Crippen LogP contribution in [0.15, 0.2) is 42.7 Å². The van der Waals surface area contributed by atoms with Crippen molar-refractivity contribution in [2.45, 2.75) is 25.8 Å². The topological polar surface area (TPSA) is 46.9 Å². The summed E-state index contributed by atoms with van der Waals surface area (Å²) >= 11 is 0. The molecule has 1 fully saturated rings. The third kappa shape index (κ3) is 3.44. The van der Waals surface area contributed by atoms with Crippen molar-refractivity contribution in [1.82, 2.24) is 9.78 Å². The Morgan fingerprint density at radius 2 is 2.11 bits per heavy atom. The monoisotopic (exact) mass is 255 g/mol. The Kier molecular flexibility index (Phi) is 3.31. The number of rotatable bonds is 5. The third-order valence-corrected chi connectivity index (χ3v) is 3.27. The van der Waals surface area contributed by atoms with Crippen molar-refractivity contribution in [3.63, 3.8) is 0 Å². The molecule has 4 nitrogen and oxygen atoms in total. The number of hydrogen-bond acceptors (Lipinski definition) is 2. The van der Waals surface area contributed by atoms with Gasteiger partial charge in [0.1, 0.15) is 0 Å². The molecule has 1 aliphatic rings. The maximum Gasteiger partial charge on any atom is 0.228 e. The summed E-state index contributed by atoms with van der Waals surface area (Å²) < 4.78 is 1.91. The Balaban J connectivity index is 1.55. The van der Waals surface area contributed by atoms with Crippen LogP contribution in [-0.2, 0) is 17.8 Å². The highest BCUT2D eigenvalue weighted by Crippen LogP contribution is 2.30. The van der Waals surface area contributed by atoms with E-state index >= 15 is 0 Å². The van der Waals surface area contributed by atoms with E-state index in [-0.39, 0.29) is 5.91 Å². The molecule has 1 N–H and O–H groups in total. The first-order chi connectivity index (χ1) is 9.29. The molecule has 1 heterocycles.